The molecule has 1 aliphatic rings. The van der Waals surface area contributed by atoms with Crippen LogP contribution in [-0.2, 0) is 11.3 Å². The molecule has 0 aromatic heterocycles. The van der Waals surface area contributed by atoms with E-state index < -0.39 is 5.97 Å². The second-order valence-electron chi connectivity index (χ2n) is 5.76. The molecule has 2 rings (SSSR count). The number of hydrogen-bond donors (Lipinski definition) is 2. The maximum atomic E-state index is 11.1. The van der Waals surface area contributed by atoms with Gasteiger partial charge in [0.1, 0.15) is 0 Å². The molecule has 0 aliphatic heterocycles. The first kappa shape index (κ1) is 14.1. The van der Waals surface area contributed by atoms with Gasteiger partial charge >= 0.3 is 5.97 Å². The Labute approximate surface area is 115 Å². The zero-order valence-electron chi connectivity index (χ0n) is 11.8. The molecule has 0 bridgehead atoms. The topological polar surface area (TPSA) is 49.3 Å². The van der Waals surface area contributed by atoms with Crippen molar-refractivity contribution in [1.29, 1.82) is 0 Å². The number of rotatable bonds is 5. The molecule has 19 heavy (non-hydrogen) atoms. The van der Waals surface area contributed by atoms with Gasteiger partial charge in [-0.1, -0.05) is 35.7 Å². The van der Waals surface area contributed by atoms with Crippen molar-refractivity contribution in [1.82, 2.24) is 5.32 Å². The van der Waals surface area contributed by atoms with Crippen LogP contribution in [0.5, 0.6) is 0 Å². The van der Waals surface area contributed by atoms with Gasteiger partial charge in [0.25, 0.3) is 0 Å². The summed E-state index contributed by atoms with van der Waals surface area (Å²) >= 11 is 0. The Morgan fingerprint density at radius 2 is 1.95 bits per heavy atom. The molecule has 3 heteroatoms. The molecule has 1 aromatic rings. The highest BCUT2D eigenvalue weighted by Gasteiger charge is 2.32. The third-order valence-electron chi connectivity index (χ3n) is 3.99. The quantitative estimate of drug-likeness (QED) is 0.857. The van der Waals surface area contributed by atoms with Crippen LogP contribution in [0, 0.1) is 25.7 Å². The molecule has 104 valence electrons. The molecule has 0 amide bonds. The van der Waals surface area contributed by atoms with Gasteiger partial charge in [0.15, 0.2) is 0 Å². The lowest BCUT2D eigenvalue weighted by Gasteiger charge is -2.16. The van der Waals surface area contributed by atoms with E-state index in [1.807, 2.05) is 0 Å². The van der Waals surface area contributed by atoms with E-state index in [1.54, 1.807) is 0 Å². The predicted octanol–water partition coefficient (Wildman–Crippen LogP) is 2.89. The Bertz CT molecular complexity index is 436. The van der Waals surface area contributed by atoms with Crippen LogP contribution in [0.3, 0.4) is 0 Å². The van der Waals surface area contributed by atoms with Crippen molar-refractivity contribution in [3.63, 3.8) is 0 Å². The van der Waals surface area contributed by atoms with Gasteiger partial charge in [0, 0.05) is 6.54 Å². The summed E-state index contributed by atoms with van der Waals surface area (Å²) in [6.45, 7) is 5.84. The van der Waals surface area contributed by atoms with Gasteiger partial charge in [-0.15, -0.1) is 0 Å². The minimum Gasteiger partial charge on any atom is -0.481 e. The molecule has 2 atom stereocenters. The Morgan fingerprint density at radius 1 is 1.26 bits per heavy atom. The second-order valence-corrected chi connectivity index (χ2v) is 5.76. The minimum atomic E-state index is -0.629. The Hall–Kier alpha value is -1.35. The van der Waals surface area contributed by atoms with Gasteiger partial charge in [-0.2, -0.15) is 0 Å². The molecule has 3 nitrogen and oxygen atoms in total. The number of benzene rings is 1. The van der Waals surface area contributed by atoms with Crippen LogP contribution in [0.2, 0.25) is 0 Å². The normalized spacial score (nSPS) is 22.6. The first-order valence-corrected chi connectivity index (χ1v) is 7.07. The van der Waals surface area contributed by atoms with E-state index >= 15 is 0 Å². The largest absolute Gasteiger partial charge is 0.481 e. The highest BCUT2D eigenvalue weighted by Crippen LogP contribution is 2.31. The van der Waals surface area contributed by atoms with Crippen LogP contribution in [-0.4, -0.2) is 17.6 Å². The van der Waals surface area contributed by atoms with Crippen LogP contribution < -0.4 is 5.32 Å². The van der Waals surface area contributed by atoms with Crippen LogP contribution >= 0.6 is 0 Å². The lowest BCUT2D eigenvalue weighted by molar-refractivity contribution is -0.142. The van der Waals surface area contributed by atoms with Crippen LogP contribution in [0.4, 0.5) is 0 Å². The fourth-order valence-electron chi connectivity index (χ4n) is 3.18. The number of hydrogen-bond acceptors (Lipinski definition) is 2. The van der Waals surface area contributed by atoms with Crippen molar-refractivity contribution in [3.05, 3.63) is 34.9 Å². The summed E-state index contributed by atoms with van der Waals surface area (Å²) in [6.07, 6.45) is 2.93. The lowest BCUT2D eigenvalue weighted by Crippen LogP contribution is -2.28. The fraction of sp³-hybridized carbons (Fsp3) is 0.562. The smallest absolute Gasteiger partial charge is 0.306 e. The average molecular weight is 261 g/mol. The van der Waals surface area contributed by atoms with Crippen molar-refractivity contribution in [2.75, 3.05) is 6.54 Å². The number of aryl methyl sites for hydroxylation is 2. The van der Waals surface area contributed by atoms with Crippen molar-refractivity contribution >= 4 is 5.97 Å². The summed E-state index contributed by atoms with van der Waals surface area (Å²) in [4.78, 5) is 11.1. The van der Waals surface area contributed by atoms with E-state index in [-0.39, 0.29) is 5.92 Å². The number of carboxylic acids is 1. The molecular formula is C16H23NO2. The molecule has 0 radical (unpaired) electrons. The first-order chi connectivity index (χ1) is 9.06. The van der Waals surface area contributed by atoms with E-state index in [4.69, 9.17) is 5.11 Å². The maximum Gasteiger partial charge on any atom is 0.306 e. The van der Waals surface area contributed by atoms with Gasteiger partial charge in [0.05, 0.1) is 5.92 Å². The Kier molecular flexibility index (Phi) is 4.59. The van der Waals surface area contributed by atoms with Gasteiger partial charge in [0.2, 0.25) is 0 Å². The summed E-state index contributed by atoms with van der Waals surface area (Å²) in [7, 11) is 0. The molecule has 0 heterocycles. The van der Waals surface area contributed by atoms with Gasteiger partial charge in [-0.05, 0) is 44.7 Å². The molecule has 1 saturated carbocycles. The second kappa shape index (κ2) is 6.20. The summed E-state index contributed by atoms with van der Waals surface area (Å²) in [5.74, 6) is -0.481. The summed E-state index contributed by atoms with van der Waals surface area (Å²) in [6, 6.07) is 6.54. The van der Waals surface area contributed by atoms with Crippen molar-refractivity contribution < 1.29 is 9.90 Å². The molecule has 2 N–H and O–H groups in total. The Balaban J connectivity index is 1.84. The average Bonchev–Trinajstić information content (AvgIpc) is 2.76. The highest BCUT2D eigenvalue weighted by atomic mass is 16.4. The third-order valence-corrected chi connectivity index (χ3v) is 3.99. The molecule has 2 unspecified atom stereocenters. The van der Waals surface area contributed by atoms with E-state index in [9.17, 15) is 4.79 Å². The van der Waals surface area contributed by atoms with Gasteiger partial charge in [-0.25, -0.2) is 0 Å². The summed E-state index contributed by atoms with van der Waals surface area (Å²) in [5.41, 5.74) is 3.84. The highest BCUT2D eigenvalue weighted by molar-refractivity contribution is 5.70. The van der Waals surface area contributed by atoms with Crippen LogP contribution in [0.25, 0.3) is 0 Å². The van der Waals surface area contributed by atoms with Crippen molar-refractivity contribution in [3.8, 4) is 0 Å². The first-order valence-electron chi connectivity index (χ1n) is 7.07. The van der Waals surface area contributed by atoms with Crippen LogP contribution in [0.15, 0.2) is 18.2 Å². The number of carboxylic acid groups (broad SMARTS) is 1. The number of carbonyl (C=O) groups is 1. The minimum absolute atomic E-state index is 0.147. The zero-order chi connectivity index (χ0) is 13.8. The van der Waals surface area contributed by atoms with E-state index in [0.29, 0.717) is 5.92 Å². The molecule has 1 fully saturated rings. The van der Waals surface area contributed by atoms with Gasteiger partial charge in [-0.3, -0.25) is 4.79 Å². The molecule has 1 aliphatic carbocycles. The van der Waals surface area contributed by atoms with Crippen molar-refractivity contribution in [2.45, 2.75) is 39.7 Å². The number of nitrogens with one attached hydrogen (secondary N) is 1. The summed E-state index contributed by atoms with van der Waals surface area (Å²) in [5, 5.41) is 12.6. The SMILES string of the molecule is Cc1cc(C)cc(CNCC2CCCC2C(=O)O)c1. The third kappa shape index (κ3) is 3.80. The van der Waals surface area contributed by atoms with Crippen molar-refractivity contribution in [2.24, 2.45) is 11.8 Å². The monoisotopic (exact) mass is 261 g/mol. The fourth-order valence-corrected chi connectivity index (χ4v) is 3.18. The summed E-state index contributed by atoms with van der Waals surface area (Å²) < 4.78 is 0. The zero-order valence-corrected chi connectivity index (χ0v) is 11.8. The molecule has 0 saturated heterocycles. The maximum absolute atomic E-state index is 11.1. The van der Waals surface area contributed by atoms with Crippen LogP contribution in [0.1, 0.15) is 36.0 Å². The van der Waals surface area contributed by atoms with Gasteiger partial charge < -0.3 is 10.4 Å². The standard InChI is InChI=1S/C16H23NO2/c1-11-6-12(2)8-13(7-11)9-17-10-14-4-3-5-15(14)16(18)19/h6-8,14-15,17H,3-5,9-10H2,1-2H3,(H,18,19). The lowest BCUT2D eigenvalue weighted by atomic mass is 9.96. The number of aliphatic carboxylic acids is 1. The molecule has 1 aromatic carbocycles. The van der Waals surface area contributed by atoms with E-state index in [2.05, 4.69) is 37.4 Å². The van der Waals surface area contributed by atoms with E-state index in [0.717, 1.165) is 32.4 Å². The van der Waals surface area contributed by atoms with E-state index in [1.165, 1.54) is 16.7 Å². The Morgan fingerprint density at radius 3 is 2.58 bits per heavy atom. The predicted molar refractivity (Wildman–Crippen MR) is 76.1 cm³/mol. The molecule has 0 spiro atoms. The molecular weight excluding hydrogens is 238 g/mol.